The Balaban J connectivity index is 1.93. The highest BCUT2D eigenvalue weighted by atomic mass is 32.1. The SMILES string of the molecule is CNC1CC(C)(C)Cc2nc(N3CCNC(=O)C3C)sc21. The van der Waals surface area contributed by atoms with Crippen molar-refractivity contribution in [2.45, 2.75) is 45.7 Å². The third kappa shape index (κ3) is 2.66. The van der Waals surface area contributed by atoms with Crippen molar-refractivity contribution in [2.75, 3.05) is 25.0 Å². The van der Waals surface area contributed by atoms with Crippen LogP contribution in [-0.4, -0.2) is 37.1 Å². The molecule has 0 aromatic carbocycles. The fraction of sp³-hybridized carbons (Fsp3) is 0.733. The summed E-state index contributed by atoms with van der Waals surface area (Å²) in [5.41, 5.74) is 1.49. The molecule has 21 heavy (non-hydrogen) atoms. The number of fused-ring (bicyclic) bond motifs is 1. The van der Waals surface area contributed by atoms with Crippen LogP contribution in [0.1, 0.15) is 43.8 Å². The second-order valence-electron chi connectivity index (χ2n) is 6.85. The lowest BCUT2D eigenvalue weighted by Crippen LogP contribution is -2.54. The van der Waals surface area contributed by atoms with E-state index in [0.717, 1.165) is 24.5 Å². The first-order valence-corrected chi connectivity index (χ1v) is 8.44. The van der Waals surface area contributed by atoms with E-state index in [0.29, 0.717) is 12.6 Å². The molecular formula is C15H24N4OS. The average Bonchev–Trinajstić information content (AvgIpc) is 2.83. The summed E-state index contributed by atoms with van der Waals surface area (Å²) < 4.78 is 0. The third-order valence-electron chi connectivity index (χ3n) is 4.53. The van der Waals surface area contributed by atoms with Crippen LogP contribution in [0.4, 0.5) is 5.13 Å². The fourth-order valence-corrected chi connectivity index (χ4v) is 4.62. The van der Waals surface area contributed by atoms with E-state index in [4.69, 9.17) is 4.98 Å². The number of nitrogens with zero attached hydrogens (tertiary/aromatic N) is 2. The molecule has 1 aliphatic heterocycles. The Hall–Kier alpha value is -1.14. The molecule has 5 nitrogen and oxygen atoms in total. The first-order chi connectivity index (χ1) is 9.91. The molecule has 0 bridgehead atoms. The molecule has 2 N–H and O–H groups in total. The number of carbonyl (C=O) groups excluding carboxylic acids is 1. The molecular weight excluding hydrogens is 284 g/mol. The average molecular weight is 308 g/mol. The van der Waals surface area contributed by atoms with Gasteiger partial charge in [0.05, 0.1) is 5.69 Å². The van der Waals surface area contributed by atoms with E-state index in [2.05, 4.69) is 29.4 Å². The van der Waals surface area contributed by atoms with Gasteiger partial charge in [-0.25, -0.2) is 4.98 Å². The summed E-state index contributed by atoms with van der Waals surface area (Å²) in [5.74, 6) is 0.0971. The van der Waals surface area contributed by atoms with E-state index in [9.17, 15) is 4.79 Å². The van der Waals surface area contributed by atoms with Crippen LogP contribution in [0, 0.1) is 5.41 Å². The van der Waals surface area contributed by atoms with Crippen molar-refractivity contribution in [2.24, 2.45) is 5.41 Å². The van der Waals surface area contributed by atoms with Gasteiger partial charge in [0.2, 0.25) is 5.91 Å². The molecule has 2 aliphatic rings. The zero-order valence-corrected chi connectivity index (χ0v) is 14.0. The lowest BCUT2D eigenvalue weighted by Gasteiger charge is -2.34. The smallest absolute Gasteiger partial charge is 0.242 e. The van der Waals surface area contributed by atoms with Gasteiger partial charge in [0.15, 0.2) is 5.13 Å². The van der Waals surface area contributed by atoms with Gasteiger partial charge in [-0.3, -0.25) is 4.79 Å². The monoisotopic (exact) mass is 308 g/mol. The highest BCUT2D eigenvalue weighted by Crippen LogP contribution is 2.44. The minimum absolute atomic E-state index is 0.0971. The minimum atomic E-state index is -0.132. The number of amides is 1. The summed E-state index contributed by atoms with van der Waals surface area (Å²) >= 11 is 1.75. The normalized spacial score (nSPS) is 28.2. The van der Waals surface area contributed by atoms with Gasteiger partial charge in [0.25, 0.3) is 0 Å². The van der Waals surface area contributed by atoms with Crippen molar-refractivity contribution in [1.82, 2.24) is 15.6 Å². The Kier molecular flexibility index (Phi) is 3.69. The van der Waals surface area contributed by atoms with Crippen molar-refractivity contribution in [3.8, 4) is 0 Å². The molecule has 0 spiro atoms. The molecule has 6 heteroatoms. The van der Waals surface area contributed by atoms with Gasteiger partial charge in [0.1, 0.15) is 6.04 Å². The Morgan fingerprint density at radius 3 is 2.95 bits per heavy atom. The predicted octanol–water partition coefficient (Wildman–Crippen LogP) is 1.70. The number of hydrogen-bond acceptors (Lipinski definition) is 5. The van der Waals surface area contributed by atoms with Crippen LogP contribution >= 0.6 is 11.3 Å². The number of aromatic nitrogens is 1. The largest absolute Gasteiger partial charge is 0.353 e. The predicted molar refractivity (Wildman–Crippen MR) is 85.8 cm³/mol. The van der Waals surface area contributed by atoms with Crippen LogP contribution in [-0.2, 0) is 11.2 Å². The number of anilines is 1. The quantitative estimate of drug-likeness (QED) is 0.873. The first-order valence-electron chi connectivity index (χ1n) is 7.62. The number of carbonyl (C=O) groups is 1. The van der Waals surface area contributed by atoms with Crippen LogP contribution in [0.25, 0.3) is 0 Å². The lowest BCUT2D eigenvalue weighted by atomic mass is 9.76. The highest BCUT2D eigenvalue weighted by molar-refractivity contribution is 7.15. The molecule has 1 amide bonds. The molecule has 2 unspecified atom stereocenters. The standard InChI is InChI=1S/C15H24N4OS/c1-9-13(20)17-5-6-19(9)14-18-11-8-15(2,3)7-10(16-4)12(11)21-14/h9-10,16H,5-8H2,1-4H3,(H,17,20). The Morgan fingerprint density at radius 1 is 1.48 bits per heavy atom. The topological polar surface area (TPSA) is 57.3 Å². The summed E-state index contributed by atoms with van der Waals surface area (Å²) in [5, 5.41) is 7.34. The minimum Gasteiger partial charge on any atom is -0.353 e. The summed E-state index contributed by atoms with van der Waals surface area (Å²) in [6, 6.07) is 0.247. The van der Waals surface area contributed by atoms with Crippen molar-refractivity contribution in [3.63, 3.8) is 0 Å². The summed E-state index contributed by atoms with van der Waals surface area (Å²) in [6.45, 7) is 8.10. The molecule has 3 rings (SSSR count). The summed E-state index contributed by atoms with van der Waals surface area (Å²) in [4.78, 5) is 20.2. The maximum absolute atomic E-state index is 11.9. The van der Waals surface area contributed by atoms with E-state index in [1.165, 1.54) is 10.6 Å². The Labute approximate surface area is 130 Å². The van der Waals surface area contributed by atoms with E-state index in [1.54, 1.807) is 11.3 Å². The maximum Gasteiger partial charge on any atom is 0.242 e. The zero-order valence-electron chi connectivity index (χ0n) is 13.2. The van der Waals surface area contributed by atoms with Gasteiger partial charge in [-0.15, -0.1) is 0 Å². The Bertz CT molecular complexity index is 554. The van der Waals surface area contributed by atoms with Crippen molar-refractivity contribution >= 4 is 22.4 Å². The summed E-state index contributed by atoms with van der Waals surface area (Å²) in [7, 11) is 2.02. The molecule has 1 saturated heterocycles. The van der Waals surface area contributed by atoms with Crippen LogP contribution in [0.15, 0.2) is 0 Å². The molecule has 2 heterocycles. The van der Waals surface area contributed by atoms with Crippen molar-refractivity contribution in [1.29, 1.82) is 0 Å². The number of nitrogens with one attached hydrogen (secondary N) is 2. The molecule has 1 fully saturated rings. The van der Waals surface area contributed by atoms with Gasteiger partial charge in [0, 0.05) is 24.0 Å². The number of rotatable bonds is 2. The zero-order chi connectivity index (χ0) is 15.2. The first kappa shape index (κ1) is 14.8. The van der Waals surface area contributed by atoms with E-state index in [-0.39, 0.29) is 17.4 Å². The van der Waals surface area contributed by atoms with Gasteiger partial charge < -0.3 is 15.5 Å². The Morgan fingerprint density at radius 2 is 2.24 bits per heavy atom. The number of thiazole rings is 1. The van der Waals surface area contributed by atoms with Gasteiger partial charge in [-0.05, 0) is 32.2 Å². The molecule has 2 atom stereocenters. The van der Waals surface area contributed by atoms with Crippen LogP contribution in [0.5, 0.6) is 0 Å². The number of hydrogen-bond donors (Lipinski definition) is 2. The van der Waals surface area contributed by atoms with Crippen LogP contribution < -0.4 is 15.5 Å². The molecule has 1 aromatic rings. The number of piperazine rings is 1. The van der Waals surface area contributed by atoms with Gasteiger partial charge in [-0.1, -0.05) is 25.2 Å². The van der Waals surface area contributed by atoms with E-state index in [1.807, 2.05) is 14.0 Å². The molecule has 1 aromatic heterocycles. The molecule has 0 saturated carbocycles. The maximum atomic E-state index is 11.9. The molecule has 1 aliphatic carbocycles. The van der Waals surface area contributed by atoms with Crippen molar-refractivity contribution in [3.05, 3.63) is 10.6 Å². The molecule has 0 radical (unpaired) electrons. The highest BCUT2D eigenvalue weighted by Gasteiger charge is 2.36. The van der Waals surface area contributed by atoms with Crippen molar-refractivity contribution < 1.29 is 4.79 Å². The second kappa shape index (κ2) is 5.25. The van der Waals surface area contributed by atoms with Crippen LogP contribution in [0.2, 0.25) is 0 Å². The van der Waals surface area contributed by atoms with Crippen LogP contribution in [0.3, 0.4) is 0 Å². The lowest BCUT2D eigenvalue weighted by molar-refractivity contribution is -0.122. The second-order valence-corrected chi connectivity index (χ2v) is 7.86. The van der Waals surface area contributed by atoms with E-state index < -0.39 is 0 Å². The summed E-state index contributed by atoms with van der Waals surface area (Å²) in [6.07, 6.45) is 2.15. The fourth-order valence-electron chi connectivity index (χ4n) is 3.32. The molecule has 116 valence electrons. The van der Waals surface area contributed by atoms with E-state index >= 15 is 0 Å². The third-order valence-corrected chi connectivity index (χ3v) is 5.78. The van der Waals surface area contributed by atoms with Gasteiger partial charge >= 0.3 is 0 Å². The van der Waals surface area contributed by atoms with Gasteiger partial charge in [-0.2, -0.15) is 0 Å².